The molecule has 0 spiro atoms. The molecule has 1 heterocycles. The van der Waals surface area contributed by atoms with Crippen LogP contribution in [0.4, 0.5) is 5.69 Å². The first-order chi connectivity index (χ1) is 14.4. The zero-order chi connectivity index (χ0) is 21.3. The number of amides is 1. The van der Waals surface area contributed by atoms with E-state index >= 15 is 0 Å². The number of sulfonamides is 1. The molecule has 30 heavy (non-hydrogen) atoms. The van der Waals surface area contributed by atoms with Gasteiger partial charge in [0.25, 0.3) is 5.91 Å². The molecule has 1 N–H and O–H groups in total. The fraction of sp³-hybridized carbons (Fsp3) is 0.381. The maximum atomic E-state index is 13.1. The van der Waals surface area contributed by atoms with Crippen LogP contribution in [-0.4, -0.2) is 38.5 Å². The van der Waals surface area contributed by atoms with Crippen LogP contribution in [0.3, 0.4) is 0 Å². The van der Waals surface area contributed by atoms with E-state index in [9.17, 15) is 13.2 Å². The summed E-state index contributed by atoms with van der Waals surface area (Å²) in [5.41, 5.74) is 0.584. The number of halogens is 1. The highest BCUT2D eigenvalue weighted by atomic mass is 35.5. The molecule has 9 heteroatoms. The third-order valence-electron chi connectivity index (χ3n) is 5.58. The lowest BCUT2D eigenvalue weighted by Crippen LogP contribution is -2.38. The van der Waals surface area contributed by atoms with Crippen LogP contribution in [0.1, 0.15) is 42.5 Å². The number of carbonyl (C=O) groups excluding carboxylic acids is 1. The monoisotopic (exact) mass is 450 g/mol. The Labute approximate surface area is 181 Å². The first-order valence-corrected chi connectivity index (χ1v) is 11.7. The summed E-state index contributed by atoms with van der Waals surface area (Å²) in [5, 5.41) is 2.91. The summed E-state index contributed by atoms with van der Waals surface area (Å²) in [5.74, 6) is 0.630. The Balaban J connectivity index is 1.57. The fourth-order valence-electron chi connectivity index (χ4n) is 3.82. The first kappa shape index (κ1) is 21.0. The van der Waals surface area contributed by atoms with E-state index in [0.717, 1.165) is 32.1 Å². The van der Waals surface area contributed by atoms with Gasteiger partial charge >= 0.3 is 0 Å². The minimum Gasteiger partial charge on any atom is -0.454 e. The molecule has 1 saturated carbocycles. The number of nitrogens with zero attached hydrogens (tertiary/aromatic N) is 1. The molecule has 1 aliphatic heterocycles. The summed E-state index contributed by atoms with van der Waals surface area (Å²) in [7, 11) is -2.13. The number of fused-ring (bicyclic) bond motifs is 1. The Morgan fingerprint density at radius 2 is 1.80 bits per heavy atom. The lowest BCUT2D eigenvalue weighted by atomic mass is 9.96. The maximum absolute atomic E-state index is 13.1. The van der Waals surface area contributed by atoms with Crippen molar-refractivity contribution in [2.75, 3.05) is 19.2 Å². The first-order valence-electron chi connectivity index (χ1n) is 9.85. The normalized spacial score (nSPS) is 16.6. The molecular weight excluding hydrogens is 428 g/mol. The molecule has 160 valence electrons. The Morgan fingerprint density at radius 1 is 1.07 bits per heavy atom. The molecular formula is C21H23ClN2O5S. The molecule has 0 aromatic heterocycles. The van der Waals surface area contributed by atoms with Crippen LogP contribution in [-0.2, 0) is 10.0 Å². The van der Waals surface area contributed by atoms with Crippen molar-refractivity contribution in [1.82, 2.24) is 4.31 Å². The van der Waals surface area contributed by atoms with Gasteiger partial charge in [0, 0.05) is 24.8 Å². The van der Waals surface area contributed by atoms with E-state index in [-0.39, 0.29) is 28.3 Å². The van der Waals surface area contributed by atoms with Gasteiger partial charge in [0.05, 0.1) is 15.5 Å². The summed E-state index contributed by atoms with van der Waals surface area (Å²) >= 11 is 6.22. The van der Waals surface area contributed by atoms with Crippen LogP contribution in [0, 0.1) is 0 Å². The smallest absolute Gasteiger partial charge is 0.257 e. The second kappa shape index (κ2) is 8.45. The Kier molecular flexibility index (Phi) is 5.90. The highest BCUT2D eigenvalue weighted by molar-refractivity contribution is 7.89. The van der Waals surface area contributed by atoms with Crippen molar-refractivity contribution >= 4 is 33.2 Å². The van der Waals surface area contributed by atoms with Crippen molar-refractivity contribution in [3.05, 3.63) is 47.0 Å². The van der Waals surface area contributed by atoms with E-state index in [4.69, 9.17) is 21.1 Å². The summed E-state index contributed by atoms with van der Waals surface area (Å²) in [6.45, 7) is 0.132. The Morgan fingerprint density at radius 3 is 2.57 bits per heavy atom. The second-order valence-electron chi connectivity index (χ2n) is 7.48. The van der Waals surface area contributed by atoms with E-state index in [1.165, 1.54) is 22.5 Å². The summed E-state index contributed by atoms with van der Waals surface area (Å²) < 4.78 is 38.2. The van der Waals surface area contributed by atoms with Crippen LogP contribution in [0.5, 0.6) is 11.5 Å². The molecule has 2 aliphatic rings. The number of anilines is 1. The number of rotatable bonds is 5. The molecule has 1 amide bonds. The van der Waals surface area contributed by atoms with E-state index in [1.54, 1.807) is 25.2 Å². The quantitative estimate of drug-likeness (QED) is 0.735. The molecule has 2 aromatic carbocycles. The van der Waals surface area contributed by atoms with Gasteiger partial charge in [0.15, 0.2) is 11.5 Å². The minimum absolute atomic E-state index is 0.0228. The summed E-state index contributed by atoms with van der Waals surface area (Å²) in [4.78, 5) is 12.9. The van der Waals surface area contributed by atoms with Gasteiger partial charge in [0.2, 0.25) is 16.8 Å². The number of carbonyl (C=O) groups is 1. The average molecular weight is 451 g/mol. The van der Waals surface area contributed by atoms with Crippen molar-refractivity contribution in [3.8, 4) is 11.5 Å². The van der Waals surface area contributed by atoms with Gasteiger partial charge in [0.1, 0.15) is 0 Å². The van der Waals surface area contributed by atoms with E-state index in [0.29, 0.717) is 17.2 Å². The number of benzene rings is 2. The highest BCUT2D eigenvalue weighted by Gasteiger charge is 2.30. The molecule has 0 saturated heterocycles. The zero-order valence-electron chi connectivity index (χ0n) is 16.6. The van der Waals surface area contributed by atoms with Crippen LogP contribution in [0.2, 0.25) is 5.02 Å². The van der Waals surface area contributed by atoms with Crippen LogP contribution in [0.25, 0.3) is 0 Å². The molecule has 0 atom stereocenters. The van der Waals surface area contributed by atoms with Crippen molar-refractivity contribution < 1.29 is 22.7 Å². The van der Waals surface area contributed by atoms with Crippen LogP contribution in [0.15, 0.2) is 41.3 Å². The molecule has 1 aliphatic carbocycles. The van der Waals surface area contributed by atoms with Gasteiger partial charge < -0.3 is 14.8 Å². The van der Waals surface area contributed by atoms with Gasteiger partial charge in [-0.3, -0.25) is 4.79 Å². The predicted molar refractivity (Wildman–Crippen MR) is 114 cm³/mol. The van der Waals surface area contributed by atoms with E-state index < -0.39 is 15.9 Å². The minimum atomic E-state index is -3.73. The standard InChI is InChI=1S/C21H23ClN2O5S/c1-24(15-5-3-2-4-6-15)30(26,27)16-8-9-18(22)17(12-16)21(25)23-14-7-10-19-20(11-14)29-13-28-19/h7-12,15H,2-6,13H2,1H3,(H,23,25). The van der Waals surface area contributed by atoms with Gasteiger partial charge in [-0.2, -0.15) is 4.31 Å². The number of hydrogen-bond donors (Lipinski definition) is 1. The Bertz CT molecular complexity index is 1070. The molecule has 4 rings (SSSR count). The third kappa shape index (κ3) is 4.12. The number of nitrogens with one attached hydrogen (secondary N) is 1. The molecule has 0 bridgehead atoms. The number of ether oxygens (including phenoxy) is 2. The lowest BCUT2D eigenvalue weighted by Gasteiger charge is -2.30. The third-order valence-corrected chi connectivity index (χ3v) is 7.81. The maximum Gasteiger partial charge on any atom is 0.257 e. The largest absolute Gasteiger partial charge is 0.454 e. The van der Waals surface area contributed by atoms with Crippen molar-refractivity contribution in [3.63, 3.8) is 0 Å². The van der Waals surface area contributed by atoms with E-state index in [2.05, 4.69) is 5.32 Å². The van der Waals surface area contributed by atoms with Crippen LogP contribution >= 0.6 is 11.6 Å². The van der Waals surface area contributed by atoms with Gasteiger partial charge in [-0.25, -0.2) is 8.42 Å². The van der Waals surface area contributed by atoms with Gasteiger partial charge in [-0.05, 0) is 43.2 Å². The summed E-state index contributed by atoms with van der Waals surface area (Å²) in [6.07, 6.45) is 4.87. The van der Waals surface area contributed by atoms with Gasteiger partial charge in [-0.15, -0.1) is 0 Å². The van der Waals surface area contributed by atoms with Crippen LogP contribution < -0.4 is 14.8 Å². The Hall–Kier alpha value is -2.29. The average Bonchev–Trinajstić information content (AvgIpc) is 3.21. The topological polar surface area (TPSA) is 84.9 Å². The molecule has 2 aromatic rings. The zero-order valence-corrected chi connectivity index (χ0v) is 18.1. The SMILES string of the molecule is CN(C1CCCCC1)S(=O)(=O)c1ccc(Cl)c(C(=O)Nc2ccc3c(c2)OCO3)c1. The summed E-state index contributed by atoms with van der Waals surface area (Å²) in [6, 6.07) is 9.21. The van der Waals surface area contributed by atoms with Gasteiger partial charge in [-0.1, -0.05) is 30.9 Å². The molecule has 7 nitrogen and oxygen atoms in total. The van der Waals surface area contributed by atoms with Crippen molar-refractivity contribution in [2.24, 2.45) is 0 Å². The fourth-order valence-corrected chi connectivity index (χ4v) is 5.46. The lowest BCUT2D eigenvalue weighted by molar-refractivity contribution is 0.102. The highest BCUT2D eigenvalue weighted by Crippen LogP contribution is 2.35. The number of hydrogen-bond acceptors (Lipinski definition) is 5. The molecule has 1 fully saturated rings. The predicted octanol–water partition coefficient (Wildman–Crippen LogP) is 4.27. The second-order valence-corrected chi connectivity index (χ2v) is 9.88. The van der Waals surface area contributed by atoms with Crippen molar-refractivity contribution in [1.29, 1.82) is 0 Å². The molecule has 0 radical (unpaired) electrons. The molecule has 0 unspecified atom stereocenters. The van der Waals surface area contributed by atoms with E-state index in [1.807, 2.05) is 0 Å². The van der Waals surface area contributed by atoms with Crippen molar-refractivity contribution in [2.45, 2.75) is 43.0 Å².